The van der Waals surface area contributed by atoms with Crippen molar-refractivity contribution in [3.05, 3.63) is 24.0 Å². The molecule has 2 heterocycles. The van der Waals surface area contributed by atoms with E-state index >= 15 is 0 Å². The Balaban J connectivity index is 2.08. The second kappa shape index (κ2) is 4.35. The zero-order valence-electron chi connectivity index (χ0n) is 8.33. The lowest BCUT2D eigenvalue weighted by atomic mass is 10.1. The average Bonchev–Trinajstić information content (AvgIpc) is 2.29. The Morgan fingerprint density at radius 2 is 2.40 bits per heavy atom. The number of β-amino-alcohol motifs (C(OH)–C–C–N with tert-alkyl or cyclic N) is 1. The third kappa shape index (κ3) is 2.30. The second-order valence-electron chi connectivity index (χ2n) is 3.68. The van der Waals surface area contributed by atoms with E-state index in [9.17, 15) is 9.90 Å². The summed E-state index contributed by atoms with van der Waals surface area (Å²) in [5.74, 6) is -0.0800. The zero-order valence-corrected chi connectivity index (χ0v) is 8.33. The molecular weight excluding hydrogens is 194 g/mol. The van der Waals surface area contributed by atoms with E-state index in [2.05, 4.69) is 10.2 Å². The van der Waals surface area contributed by atoms with Gasteiger partial charge in [0.1, 0.15) is 0 Å². The lowest BCUT2D eigenvalue weighted by Gasteiger charge is -2.29. The minimum atomic E-state index is -0.391. The van der Waals surface area contributed by atoms with Gasteiger partial charge in [-0.2, -0.15) is 10.2 Å². The number of amides is 1. The van der Waals surface area contributed by atoms with Crippen LogP contribution < -0.4 is 0 Å². The number of aromatic nitrogens is 2. The zero-order chi connectivity index (χ0) is 10.7. The van der Waals surface area contributed by atoms with Gasteiger partial charge in [0.05, 0.1) is 24.1 Å². The molecule has 1 amide bonds. The van der Waals surface area contributed by atoms with Crippen LogP contribution in [0.5, 0.6) is 0 Å². The minimum absolute atomic E-state index is 0.0800. The molecule has 15 heavy (non-hydrogen) atoms. The van der Waals surface area contributed by atoms with Crippen molar-refractivity contribution in [2.45, 2.75) is 18.9 Å². The first-order valence-electron chi connectivity index (χ1n) is 5.01. The van der Waals surface area contributed by atoms with Crippen molar-refractivity contribution < 1.29 is 9.90 Å². The molecule has 1 saturated heterocycles. The van der Waals surface area contributed by atoms with E-state index in [0.29, 0.717) is 18.7 Å². The van der Waals surface area contributed by atoms with Gasteiger partial charge < -0.3 is 10.0 Å². The number of nitrogens with zero attached hydrogens (tertiary/aromatic N) is 3. The van der Waals surface area contributed by atoms with Crippen LogP contribution in [0, 0.1) is 0 Å². The Morgan fingerprint density at radius 1 is 1.53 bits per heavy atom. The molecule has 5 nitrogen and oxygen atoms in total. The molecule has 0 saturated carbocycles. The number of piperidine rings is 1. The minimum Gasteiger partial charge on any atom is -0.391 e. The van der Waals surface area contributed by atoms with E-state index in [1.807, 2.05) is 0 Å². The SMILES string of the molecule is O=C(c1ccnnc1)N1CCCC(O)C1. The third-order valence-corrected chi connectivity index (χ3v) is 2.51. The molecule has 0 aliphatic carbocycles. The molecule has 1 unspecified atom stereocenters. The highest BCUT2D eigenvalue weighted by molar-refractivity contribution is 5.93. The van der Waals surface area contributed by atoms with Crippen LogP contribution >= 0.6 is 0 Å². The summed E-state index contributed by atoms with van der Waals surface area (Å²) in [6.07, 6.45) is 4.18. The van der Waals surface area contributed by atoms with Gasteiger partial charge in [-0.25, -0.2) is 0 Å². The van der Waals surface area contributed by atoms with Crippen molar-refractivity contribution in [3.8, 4) is 0 Å². The van der Waals surface area contributed by atoms with E-state index in [4.69, 9.17) is 0 Å². The number of hydrogen-bond donors (Lipinski definition) is 1. The lowest BCUT2D eigenvalue weighted by Crippen LogP contribution is -2.42. The molecule has 0 bridgehead atoms. The van der Waals surface area contributed by atoms with E-state index < -0.39 is 6.10 Å². The monoisotopic (exact) mass is 207 g/mol. The van der Waals surface area contributed by atoms with Crippen molar-refractivity contribution in [1.29, 1.82) is 0 Å². The third-order valence-electron chi connectivity index (χ3n) is 2.51. The molecule has 1 aliphatic heterocycles. The van der Waals surface area contributed by atoms with Crippen molar-refractivity contribution in [3.63, 3.8) is 0 Å². The largest absolute Gasteiger partial charge is 0.391 e. The summed E-state index contributed by atoms with van der Waals surface area (Å²) < 4.78 is 0. The van der Waals surface area contributed by atoms with Gasteiger partial charge in [-0.15, -0.1) is 0 Å². The van der Waals surface area contributed by atoms with Gasteiger partial charge in [-0.05, 0) is 18.9 Å². The normalized spacial score (nSPS) is 21.4. The van der Waals surface area contributed by atoms with Crippen LogP contribution in [0.3, 0.4) is 0 Å². The van der Waals surface area contributed by atoms with E-state index in [0.717, 1.165) is 12.8 Å². The maximum absolute atomic E-state index is 11.9. The fourth-order valence-corrected chi connectivity index (χ4v) is 1.74. The Hall–Kier alpha value is -1.49. The first kappa shape index (κ1) is 10.0. The number of likely N-dealkylation sites (tertiary alicyclic amines) is 1. The molecule has 1 aromatic rings. The number of carbonyl (C=O) groups is 1. The number of carbonyl (C=O) groups excluding carboxylic acids is 1. The summed E-state index contributed by atoms with van der Waals surface area (Å²) in [4.78, 5) is 13.6. The van der Waals surface area contributed by atoms with Crippen LogP contribution in [0.4, 0.5) is 0 Å². The highest BCUT2D eigenvalue weighted by Crippen LogP contribution is 2.12. The molecule has 0 aromatic carbocycles. The maximum atomic E-state index is 11.9. The molecule has 1 N–H and O–H groups in total. The van der Waals surface area contributed by atoms with Gasteiger partial charge in [-0.1, -0.05) is 0 Å². The summed E-state index contributed by atoms with van der Waals surface area (Å²) in [6.45, 7) is 1.12. The maximum Gasteiger partial charge on any atom is 0.255 e. The highest BCUT2D eigenvalue weighted by Gasteiger charge is 2.22. The van der Waals surface area contributed by atoms with Gasteiger partial charge in [0.2, 0.25) is 0 Å². The van der Waals surface area contributed by atoms with Crippen molar-refractivity contribution in [2.24, 2.45) is 0 Å². The van der Waals surface area contributed by atoms with Crippen LogP contribution in [0.15, 0.2) is 18.5 Å². The van der Waals surface area contributed by atoms with Gasteiger partial charge >= 0.3 is 0 Å². The summed E-state index contributed by atoms with van der Waals surface area (Å²) in [6, 6.07) is 1.64. The molecule has 1 atom stereocenters. The molecule has 80 valence electrons. The first-order valence-corrected chi connectivity index (χ1v) is 5.01. The lowest BCUT2D eigenvalue weighted by molar-refractivity contribution is 0.0473. The Labute approximate surface area is 87.7 Å². The molecule has 0 radical (unpaired) electrons. The second-order valence-corrected chi connectivity index (χ2v) is 3.68. The predicted octanol–water partition coefficient (Wildman–Crippen LogP) is 0.0735. The molecule has 5 heteroatoms. The molecule has 0 spiro atoms. The number of hydrogen-bond acceptors (Lipinski definition) is 4. The average molecular weight is 207 g/mol. The van der Waals surface area contributed by atoms with E-state index in [1.54, 1.807) is 11.0 Å². The Kier molecular flexibility index (Phi) is 2.91. The smallest absolute Gasteiger partial charge is 0.255 e. The van der Waals surface area contributed by atoms with Crippen LogP contribution in [-0.4, -0.2) is 45.3 Å². The predicted molar refractivity (Wildman–Crippen MR) is 53.2 cm³/mol. The fraction of sp³-hybridized carbons (Fsp3) is 0.500. The molecule has 2 rings (SSSR count). The van der Waals surface area contributed by atoms with Gasteiger partial charge in [0.15, 0.2) is 0 Å². The van der Waals surface area contributed by atoms with Crippen LogP contribution in [0.2, 0.25) is 0 Å². The first-order chi connectivity index (χ1) is 7.27. The standard InChI is InChI=1S/C10H13N3O2/c14-9-2-1-5-13(7-9)10(15)8-3-4-11-12-6-8/h3-4,6,9,14H,1-2,5,7H2. The van der Waals surface area contributed by atoms with Crippen molar-refractivity contribution in [1.82, 2.24) is 15.1 Å². The summed E-state index contributed by atoms with van der Waals surface area (Å²) in [5.41, 5.74) is 0.527. The van der Waals surface area contributed by atoms with E-state index in [-0.39, 0.29) is 5.91 Å². The van der Waals surface area contributed by atoms with Crippen molar-refractivity contribution in [2.75, 3.05) is 13.1 Å². The molecule has 1 fully saturated rings. The number of rotatable bonds is 1. The van der Waals surface area contributed by atoms with Gasteiger partial charge in [0.25, 0.3) is 5.91 Å². The quantitative estimate of drug-likeness (QED) is 0.708. The van der Waals surface area contributed by atoms with Crippen LogP contribution in [0.25, 0.3) is 0 Å². The fourth-order valence-electron chi connectivity index (χ4n) is 1.74. The van der Waals surface area contributed by atoms with Crippen LogP contribution in [0.1, 0.15) is 23.2 Å². The number of aliphatic hydroxyl groups is 1. The Morgan fingerprint density at radius 3 is 3.07 bits per heavy atom. The van der Waals surface area contributed by atoms with E-state index in [1.165, 1.54) is 12.4 Å². The molecule has 1 aromatic heterocycles. The van der Waals surface area contributed by atoms with Crippen molar-refractivity contribution >= 4 is 5.91 Å². The highest BCUT2D eigenvalue weighted by atomic mass is 16.3. The molecular formula is C10H13N3O2. The molecule has 1 aliphatic rings. The summed E-state index contributed by atoms with van der Waals surface area (Å²) in [5, 5.41) is 16.7. The topological polar surface area (TPSA) is 66.3 Å². The summed E-state index contributed by atoms with van der Waals surface area (Å²) >= 11 is 0. The Bertz CT molecular complexity index is 342. The van der Waals surface area contributed by atoms with Gasteiger partial charge in [-0.3, -0.25) is 4.79 Å². The summed E-state index contributed by atoms with van der Waals surface area (Å²) in [7, 11) is 0. The van der Waals surface area contributed by atoms with Gasteiger partial charge in [0, 0.05) is 13.1 Å². The van der Waals surface area contributed by atoms with Crippen LogP contribution in [-0.2, 0) is 0 Å². The number of aliphatic hydroxyl groups excluding tert-OH is 1.